The lowest BCUT2D eigenvalue weighted by Crippen LogP contribution is -2.32. The Bertz CT molecular complexity index is 181. The van der Waals surface area contributed by atoms with E-state index >= 15 is 0 Å². The number of nitrogens with two attached hydrogens (primary N) is 1. The molecule has 0 aliphatic rings. The first-order chi connectivity index (χ1) is 6.95. The van der Waals surface area contributed by atoms with Crippen LogP contribution in [0.1, 0.15) is 27.7 Å². The summed E-state index contributed by atoms with van der Waals surface area (Å²) >= 11 is 0. The molecule has 0 aromatic heterocycles. The van der Waals surface area contributed by atoms with Crippen LogP contribution in [0.2, 0.25) is 0 Å². The fraction of sp³-hybridized carbons (Fsp3) is 0.909. The van der Waals surface area contributed by atoms with Gasteiger partial charge in [-0.15, -0.1) is 0 Å². The maximum absolute atomic E-state index is 11.3. The van der Waals surface area contributed by atoms with Crippen molar-refractivity contribution in [3.05, 3.63) is 0 Å². The van der Waals surface area contributed by atoms with E-state index in [-0.39, 0.29) is 17.9 Å². The minimum atomic E-state index is -0.255. The van der Waals surface area contributed by atoms with Gasteiger partial charge in [-0.1, -0.05) is 20.8 Å². The number of hydrogen-bond acceptors (Lipinski definition) is 4. The minimum absolute atomic E-state index is 0.172. The van der Waals surface area contributed by atoms with Crippen LogP contribution in [0, 0.1) is 11.8 Å². The molecular formula is C11H23NO3. The molecule has 0 bridgehead atoms. The average molecular weight is 217 g/mol. The molecule has 0 rings (SSSR count). The quantitative estimate of drug-likeness (QED) is 0.514. The molecule has 90 valence electrons. The zero-order valence-corrected chi connectivity index (χ0v) is 10.2. The highest BCUT2D eigenvalue weighted by atomic mass is 16.6. The normalized spacial score (nSPS) is 15.1. The van der Waals surface area contributed by atoms with Gasteiger partial charge in [0.1, 0.15) is 6.61 Å². The second-order valence-electron chi connectivity index (χ2n) is 4.28. The summed E-state index contributed by atoms with van der Waals surface area (Å²) in [5, 5.41) is 0. The predicted octanol–water partition coefficient (Wildman–Crippen LogP) is 1.19. The SMILES string of the molecule is CC(C)COCCOC(=O)C(C)C(C)N. The lowest BCUT2D eigenvalue weighted by Gasteiger charge is -2.14. The van der Waals surface area contributed by atoms with E-state index in [9.17, 15) is 4.79 Å². The van der Waals surface area contributed by atoms with Gasteiger partial charge in [0.2, 0.25) is 0 Å². The first-order valence-corrected chi connectivity index (χ1v) is 5.45. The zero-order chi connectivity index (χ0) is 11.8. The number of ether oxygens (including phenoxy) is 2. The largest absolute Gasteiger partial charge is 0.463 e. The summed E-state index contributed by atoms with van der Waals surface area (Å²) in [6.45, 7) is 9.16. The van der Waals surface area contributed by atoms with Crippen LogP contribution in [0.5, 0.6) is 0 Å². The molecule has 0 saturated heterocycles. The van der Waals surface area contributed by atoms with E-state index in [1.54, 1.807) is 13.8 Å². The van der Waals surface area contributed by atoms with Crippen molar-refractivity contribution in [1.82, 2.24) is 0 Å². The van der Waals surface area contributed by atoms with Crippen LogP contribution >= 0.6 is 0 Å². The Balaban J connectivity index is 3.47. The third kappa shape index (κ3) is 7.33. The molecule has 0 fully saturated rings. The summed E-state index contributed by atoms with van der Waals surface area (Å²) < 4.78 is 10.3. The summed E-state index contributed by atoms with van der Waals surface area (Å²) in [5.74, 6) is -0.00284. The standard InChI is InChI=1S/C11H23NO3/c1-8(2)7-14-5-6-15-11(13)9(3)10(4)12/h8-10H,5-7,12H2,1-4H3. The lowest BCUT2D eigenvalue weighted by atomic mass is 10.1. The molecule has 15 heavy (non-hydrogen) atoms. The van der Waals surface area contributed by atoms with Gasteiger partial charge in [-0.3, -0.25) is 4.79 Å². The van der Waals surface area contributed by atoms with Gasteiger partial charge in [-0.05, 0) is 12.8 Å². The fourth-order valence-electron chi connectivity index (χ4n) is 0.866. The molecule has 0 aliphatic carbocycles. The number of carbonyl (C=O) groups is 1. The Labute approximate surface area is 92.1 Å². The maximum Gasteiger partial charge on any atom is 0.310 e. The summed E-state index contributed by atoms with van der Waals surface area (Å²) in [6, 6.07) is -0.172. The van der Waals surface area contributed by atoms with Gasteiger partial charge in [0.25, 0.3) is 0 Å². The third-order valence-corrected chi connectivity index (χ3v) is 2.08. The highest BCUT2D eigenvalue weighted by Gasteiger charge is 2.18. The van der Waals surface area contributed by atoms with Crippen molar-refractivity contribution in [3.63, 3.8) is 0 Å². The molecule has 2 N–H and O–H groups in total. The topological polar surface area (TPSA) is 61.5 Å². The molecule has 0 amide bonds. The van der Waals surface area contributed by atoms with Crippen molar-refractivity contribution in [2.45, 2.75) is 33.7 Å². The van der Waals surface area contributed by atoms with Crippen molar-refractivity contribution >= 4 is 5.97 Å². The molecule has 2 unspecified atom stereocenters. The molecule has 0 spiro atoms. The highest BCUT2D eigenvalue weighted by molar-refractivity contribution is 5.72. The van der Waals surface area contributed by atoms with Gasteiger partial charge >= 0.3 is 5.97 Å². The number of carbonyl (C=O) groups excluding carboxylic acids is 1. The van der Waals surface area contributed by atoms with Crippen molar-refractivity contribution < 1.29 is 14.3 Å². The summed E-state index contributed by atoms with van der Waals surface area (Å²) in [6.07, 6.45) is 0. The highest BCUT2D eigenvalue weighted by Crippen LogP contribution is 2.02. The van der Waals surface area contributed by atoms with E-state index in [1.165, 1.54) is 0 Å². The first kappa shape index (κ1) is 14.4. The van der Waals surface area contributed by atoms with E-state index in [4.69, 9.17) is 15.2 Å². The average Bonchev–Trinajstić information content (AvgIpc) is 2.15. The predicted molar refractivity (Wildman–Crippen MR) is 59.4 cm³/mol. The zero-order valence-electron chi connectivity index (χ0n) is 10.2. The van der Waals surface area contributed by atoms with Crippen molar-refractivity contribution in [2.24, 2.45) is 17.6 Å². The van der Waals surface area contributed by atoms with Gasteiger partial charge in [-0.25, -0.2) is 0 Å². The number of esters is 1. The van der Waals surface area contributed by atoms with E-state index in [1.807, 2.05) is 0 Å². The van der Waals surface area contributed by atoms with Crippen molar-refractivity contribution in [1.29, 1.82) is 0 Å². The molecule has 2 atom stereocenters. The van der Waals surface area contributed by atoms with Gasteiger partial charge in [0.15, 0.2) is 0 Å². The van der Waals surface area contributed by atoms with Crippen LogP contribution in [0.3, 0.4) is 0 Å². The molecule has 0 heterocycles. The van der Waals surface area contributed by atoms with Crippen LogP contribution in [0.25, 0.3) is 0 Å². The van der Waals surface area contributed by atoms with Crippen LogP contribution < -0.4 is 5.73 Å². The van der Waals surface area contributed by atoms with Gasteiger partial charge < -0.3 is 15.2 Å². The molecule has 0 aliphatic heterocycles. The van der Waals surface area contributed by atoms with Crippen LogP contribution in [-0.4, -0.2) is 31.8 Å². The van der Waals surface area contributed by atoms with Gasteiger partial charge in [0, 0.05) is 12.6 Å². The Morgan fingerprint density at radius 2 is 1.80 bits per heavy atom. The van der Waals surface area contributed by atoms with Gasteiger partial charge in [0.05, 0.1) is 12.5 Å². The van der Waals surface area contributed by atoms with E-state index < -0.39 is 0 Å². The van der Waals surface area contributed by atoms with Crippen molar-refractivity contribution in [2.75, 3.05) is 19.8 Å². The second-order valence-corrected chi connectivity index (χ2v) is 4.28. The van der Waals surface area contributed by atoms with E-state index in [0.717, 1.165) is 0 Å². The van der Waals surface area contributed by atoms with Crippen LogP contribution in [0.4, 0.5) is 0 Å². The van der Waals surface area contributed by atoms with Gasteiger partial charge in [-0.2, -0.15) is 0 Å². The minimum Gasteiger partial charge on any atom is -0.463 e. The lowest BCUT2D eigenvalue weighted by molar-refractivity contribution is -0.150. The number of rotatable bonds is 7. The van der Waals surface area contributed by atoms with E-state index in [2.05, 4.69) is 13.8 Å². The second kappa shape index (κ2) is 7.65. The number of hydrogen-bond donors (Lipinski definition) is 1. The molecule has 0 saturated carbocycles. The summed E-state index contributed by atoms with van der Waals surface area (Å²) in [7, 11) is 0. The maximum atomic E-state index is 11.3. The fourth-order valence-corrected chi connectivity index (χ4v) is 0.866. The Morgan fingerprint density at radius 1 is 1.20 bits per heavy atom. The summed E-state index contributed by atoms with van der Waals surface area (Å²) in [4.78, 5) is 11.3. The smallest absolute Gasteiger partial charge is 0.310 e. The van der Waals surface area contributed by atoms with E-state index in [0.29, 0.717) is 25.7 Å². The van der Waals surface area contributed by atoms with Crippen LogP contribution in [-0.2, 0) is 14.3 Å². The third-order valence-electron chi connectivity index (χ3n) is 2.08. The summed E-state index contributed by atoms with van der Waals surface area (Å²) in [5.41, 5.74) is 5.57. The molecule has 4 heteroatoms. The molecule has 0 radical (unpaired) electrons. The monoisotopic (exact) mass is 217 g/mol. The Kier molecular flexibility index (Phi) is 7.34. The molecule has 0 aromatic carbocycles. The molecular weight excluding hydrogens is 194 g/mol. The van der Waals surface area contributed by atoms with Crippen molar-refractivity contribution in [3.8, 4) is 0 Å². The Morgan fingerprint density at radius 3 is 2.27 bits per heavy atom. The molecule has 0 aromatic rings. The first-order valence-electron chi connectivity index (χ1n) is 5.45. The Hall–Kier alpha value is -0.610. The molecule has 4 nitrogen and oxygen atoms in total. The van der Waals surface area contributed by atoms with Crippen LogP contribution in [0.15, 0.2) is 0 Å².